The van der Waals surface area contributed by atoms with Gasteiger partial charge >= 0.3 is 0 Å². The summed E-state index contributed by atoms with van der Waals surface area (Å²) in [5.41, 5.74) is 1.99. The molecule has 0 saturated carbocycles. The number of para-hydroxylation sites is 1. The van der Waals surface area contributed by atoms with Crippen molar-refractivity contribution in [1.29, 1.82) is 0 Å². The Morgan fingerprint density at radius 1 is 0.967 bits per heavy atom. The largest absolute Gasteiger partial charge is 0.325 e. The van der Waals surface area contributed by atoms with E-state index in [0.29, 0.717) is 16.4 Å². The third-order valence-electron chi connectivity index (χ3n) is 4.25. The summed E-state index contributed by atoms with van der Waals surface area (Å²) in [5, 5.41) is 2.82. The van der Waals surface area contributed by atoms with Crippen molar-refractivity contribution in [3.63, 3.8) is 0 Å². The number of rotatable bonds is 7. The molecule has 1 atom stereocenters. The molecule has 0 bridgehead atoms. The van der Waals surface area contributed by atoms with E-state index in [1.165, 1.54) is 23.9 Å². The van der Waals surface area contributed by atoms with Crippen LogP contribution in [0.2, 0.25) is 5.02 Å². The first-order valence-electron chi connectivity index (χ1n) is 9.16. The van der Waals surface area contributed by atoms with Gasteiger partial charge in [-0.05, 0) is 62.4 Å². The van der Waals surface area contributed by atoms with Gasteiger partial charge in [0.25, 0.3) is 10.0 Å². The lowest BCUT2D eigenvalue weighted by molar-refractivity contribution is -0.115. The molecule has 5 nitrogen and oxygen atoms in total. The molecule has 3 aromatic rings. The van der Waals surface area contributed by atoms with Crippen molar-refractivity contribution in [3.05, 3.63) is 83.4 Å². The molecule has 0 radical (unpaired) electrons. The standard InChI is InChI=1S/C22H21ClN2O3S2/c1-15-7-11-18(12-8-15)29-16(2)22(26)24-17-9-13-19(14-10-17)30(27,28)25-21-6-4-3-5-20(21)23/h3-14,16,25H,1-2H3,(H,24,26)/t16-/m1/s1. The fourth-order valence-corrected chi connectivity index (χ4v) is 4.77. The molecule has 0 aliphatic heterocycles. The Labute approximate surface area is 185 Å². The minimum Gasteiger partial charge on any atom is -0.325 e. The first-order chi connectivity index (χ1) is 14.2. The van der Waals surface area contributed by atoms with Crippen LogP contribution < -0.4 is 10.0 Å². The quantitative estimate of drug-likeness (QED) is 0.452. The zero-order chi connectivity index (χ0) is 21.7. The number of benzene rings is 3. The highest BCUT2D eigenvalue weighted by molar-refractivity contribution is 8.00. The summed E-state index contributed by atoms with van der Waals surface area (Å²) in [6.45, 7) is 3.84. The van der Waals surface area contributed by atoms with Crippen molar-refractivity contribution in [1.82, 2.24) is 0 Å². The van der Waals surface area contributed by atoms with Crippen LogP contribution in [-0.2, 0) is 14.8 Å². The maximum absolute atomic E-state index is 12.6. The molecule has 3 aromatic carbocycles. The topological polar surface area (TPSA) is 75.3 Å². The van der Waals surface area contributed by atoms with Crippen molar-refractivity contribution < 1.29 is 13.2 Å². The van der Waals surface area contributed by atoms with Crippen molar-refractivity contribution in [2.45, 2.75) is 28.9 Å². The Hall–Kier alpha value is -2.48. The number of hydrogen-bond donors (Lipinski definition) is 2. The van der Waals surface area contributed by atoms with Gasteiger partial charge in [0.2, 0.25) is 5.91 Å². The molecule has 0 spiro atoms. The highest BCUT2D eigenvalue weighted by Gasteiger charge is 2.17. The summed E-state index contributed by atoms with van der Waals surface area (Å²) in [5.74, 6) is -0.162. The van der Waals surface area contributed by atoms with Gasteiger partial charge in [0.05, 0.1) is 20.9 Å². The average molecular weight is 461 g/mol. The Morgan fingerprint density at radius 2 is 1.60 bits per heavy atom. The zero-order valence-corrected chi connectivity index (χ0v) is 18.8. The smallest absolute Gasteiger partial charge is 0.261 e. The molecule has 0 aromatic heterocycles. The monoisotopic (exact) mass is 460 g/mol. The Kier molecular flexibility index (Phi) is 7.07. The Balaban J connectivity index is 1.64. The molecular formula is C22H21ClN2O3S2. The van der Waals surface area contributed by atoms with Crippen molar-refractivity contribution >= 4 is 50.7 Å². The van der Waals surface area contributed by atoms with Crippen LogP contribution in [0.15, 0.2) is 82.6 Å². The van der Waals surface area contributed by atoms with E-state index in [9.17, 15) is 13.2 Å². The molecule has 1 amide bonds. The van der Waals surface area contributed by atoms with E-state index in [0.717, 1.165) is 10.5 Å². The summed E-state index contributed by atoms with van der Waals surface area (Å²) in [6, 6.07) is 20.6. The number of amides is 1. The first kappa shape index (κ1) is 22.2. The molecule has 0 saturated heterocycles. The van der Waals surface area contributed by atoms with E-state index >= 15 is 0 Å². The first-order valence-corrected chi connectivity index (χ1v) is 11.9. The number of hydrogen-bond acceptors (Lipinski definition) is 4. The van der Waals surface area contributed by atoms with Crippen LogP contribution in [0.4, 0.5) is 11.4 Å². The molecule has 0 aliphatic rings. The summed E-state index contributed by atoms with van der Waals surface area (Å²) in [4.78, 5) is 13.5. The second-order valence-electron chi connectivity index (χ2n) is 6.67. The predicted molar refractivity (Wildman–Crippen MR) is 124 cm³/mol. The highest BCUT2D eigenvalue weighted by Crippen LogP contribution is 2.26. The summed E-state index contributed by atoms with van der Waals surface area (Å²) >= 11 is 7.48. The minimum absolute atomic E-state index is 0.0718. The maximum Gasteiger partial charge on any atom is 0.261 e. The zero-order valence-electron chi connectivity index (χ0n) is 16.4. The van der Waals surface area contributed by atoms with Gasteiger partial charge in [-0.15, -0.1) is 11.8 Å². The average Bonchev–Trinajstić information content (AvgIpc) is 2.71. The molecule has 2 N–H and O–H groups in total. The second-order valence-corrected chi connectivity index (χ2v) is 10.2. The van der Waals surface area contributed by atoms with E-state index < -0.39 is 10.0 Å². The number of aryl methyl sites for hydroxylation is 1. The predicted octanol–water partition coefficient (Wildman–Crippen LogP) is 5.57. The van der Waals surface area contributed by atoms with Gasteiger partial charge in [0.15, 0.2) is 0 Å². The molecule has 0 unspecified atom stereocenters. The second kappa shape index (κ2) is 9.55. The van der Waals surface area contributed by atoms with Crippen molar-refractivity contribution in [3.8, 4) is 0 Å². The van der Waals surface area contributed by atoms with Crippen LogP contribution in [0, 0.1) is 6.92 Å². The SMILES string of the molecule is Cc1ccc(S[C@H](C)C(=O)Nc2ccc(S(=O)(=O)Nc3ccccc3Cl)cc2)cc1. The number of anilines is 2. The van der Waals surface area contributed by atoms with Crippen LogP contribution in [0.25, 0.3) is 0 Å². The van der Waals surface area contributed by atoms with Crippen LogP contribution in [-0.4, -0.2) is 19.6 Å². The summed E-state index contributed by atoms with van der Waals surface area (Å²) in [6.07, 6.45) is 0. The van der Waals surface area contributed by atoms with Gasteiger partial charge in [-0.2, -0.15) is 0 Å². The van der Waals surface area contributed by atoms with E-state index in [1.54, 1.807) is 36.4 Å². The molecule has 0 aliphatic carbocycles. The van der Waals surface area contributed by atoms with E-state index in [-0.39, 0.29) is 16.1 Å². The summed E-state index contributed by atoms with van der Waals surface area (Å²) < 4.78 is 27.6. The van der Waals surface area contributed by atoms with Gasteiger partial charge in [0.1, 0.15) is 0 Å². The van der Waals surface area contributed by atoms with E-state index in [4.69, 9.17) is 11.6 Å². The van der Waals surface area contributed by atoms with Crippen LogP contribution >= 0.6 is 23.4 Å². The molecule has 3 rings (SSSR count). The lowest BCUT2D eigenvalue weighted by Gasteiger charge is -2.13. The van der Waals surface area contributed by atoms with Crippen molar-refractivity contribution in [2.24, 2.45) is 0 Å². The Morgan fingerprint density at radius 3 is 2.23 bits per heavy atom. The van der Waals surface area contributed by atoms with Gasteiger partial charge in [-0.3, -0.25) is 9.52 Å². The highest BCUT2D eigenvalue weighted by atomic mass is 35.5. The molecular weight excluding hydrogens is 440 g/mol. The molecule has 8 heteroatoms. The normalized spacial score (nSPS) is 12.2. The van der Waals surface area contributed by atoms with Crippen LogP contribution in [0.1, 0.15) is 12.5 Å². The number of halogens is 1. The fraction of sp³-hybridized carbons (Fsp3) is 0.136. The molecule has 156 valence electrons. The number of carbonyl (C=O) groups excluding carboxylic acids is 1. The number of sulfonamides is 1. The lowest BCUT2D eigenvalue weighted by atomic mass is 10.2. The number of thioether (sulfide) groups is 1. The third-order valence-corrected chi connectivity index (χ3v) is 7.08. The van der Waals surface area contributed by atoms with Gasteiger partial charge in [0, 0.05) is 10.6 Å². The Bertz CT molecular complexity index is 1130. The van der Waals surface area contributed by atoms with Gasteiger partial charge < -0.3 is 5.32 Å². The van der Waals surface area contributed by atoms with Crippen LogP contribution in [0.5, 0.6) is 0 Å². The summed E-state index contributed by atoms with van der Waals surface area (Å²) in [7, 11) is -3.79. The third kappa shape index (κ3) is 5.78. The maximum atomic E-state index is 12.6. The molecule has 0 fully saturated rings. The van der Waals surface area contributed by atoms with E-state index in [2.05, 4.69) is 10.0 Å². The lowest BCUT2D eigenvalue weighted by Crippen LogP contribution is -2.22. The van der Waals surface area contributed by atoms with E-state index in [1.807, 2.05) is 38.1 Å². The molecule has 30 heavy (non-hydrogen) atoms. The number of nitrogens with one attached hydrogen (secondary N) is 2. The molecule has 0 heterocycles. The minimum atomic E-state index is -3.79. The number of carbonyl (C=O) groups is 1. The fourth-order valence-electron chi connectivity index (χ4n) is 2.58. The van der Waals surface area contributed by atoms with Gasteiger partial charge in [-0.25, -0.2) is 8.42 Å². The van der Waals surface area contributed by atoms with Crippen molar-refractivity contribution in [2.75, 3.05) is 10.0 Å². The van der Waals surface area contributed by atoms with Crippen LogP contribution in [0.3, 0.4) is 0 Å². The van der Waals surface area contributed by atoms with Gasteiger partial charge in [-0.1, -0.05) is 41.4 Å².